The lowest BCUT2D eigenvalue weighted by molar-refractivity contribution is 0.0944. The van der Waals surface area contributed by atoms with Gasteiger partial charge in [-0.15, -0.1) is 11.3 Å². The molecule has 1 amide bonds. The van der Waals surface area contributed by atoms with Crippen LogP contribution in [0.15, 0.2) is 46.0 Å². The van der Waals surface area contributed by atoms with E-state index >= 15 is 0 Å². The molecule has 0 saturated heterocycles. The lowest BCUT2D eigenvalue weighted by Crippen LogP contribution is -2.50. The van der Waals surface area contributed by atoms with Crippen LogP contribution in [-0.4, -0.2) is 25.5 Å². The molecule has 1 aromatic heterocycles. The van der Waals surface area contributed by atoms with Gasteiger partial charge in [0, 0.05) is 6.04 Å². The summed E-state index contributed by atoms with van der Waals surface area (Å²) in [6.45, 7) is 0. The number of amides is 1. The fourth-order valence-electron chi connectivity index (χ4n) is 4.19. The van der Waals surface area contributed by atoms with E-state index in [4.69, 9.17) is 12.2 Å². The second-order valence-corrected chi connectivity index (χ2v) is 10.7. The van der Waals surface area contributed by atoms with Gasteiger partial charge >= 0.3 is 0 Å². The molecule has 1 heterocycles. The SMILES string of the molecule is O=C(NNC(=S)N[C@H]1C[C@@H]2CC[C@H]1C2)c1ccccc1NS(=O)(=O)c1cccs1. The molecule has 4 N–H and O–H groups in total. The van der Waals surface area contributed by atoms with Gasteiger partial charge in [0.25, 0.3) is 15.9 Å². The number of para-hydroxylation sites is 1. The van der Waals surface area contributed by atoms with Crippen molar-refractivity contribution in [2.75, 3.05) is 4.72 Å². The quantitative estimate of drug-likeness (QED) is 0.413. The Morgan fingerprint density at radius 3 is 2.59 bits per heavy atom. The number of carbonyl (C=O) groups excluding carboxylic acids is 1. The highest BCUT2D eigenvalue weighted by molar-refractivity contribution is 7.94. The van der Waals surface area contributed by atoms with E-state index in [-0.39, 0.29) is 15.5 Å². The van der Waals surface area contributed by atoms with E-state index in [0.717, 1.165) is 23.7 Å². The minimum absolute atomic E-state index is 0.182. The van der Waals surface area contributed by atoms with E-state index in [1.165, 1.54) is 25.3 Å². The molecule has 2 aromatic rings. The Bertz CT molecular complexity index is 1010. The van der Waals surface area contributed by atoms with E-state index in [0.29, 0.717) is 17.1 Å². The number of rotatable bonds is 5. The van der Waals surface area contributed by atoms with E-state index in [9.17, 15) is 13.2 Å². The van der Waals surface area contributed by atoms with E-state index in [2.05, 4.69) is 20.9 Å². The average Bonchev–Trinajstić information content (AvgIpc) is 3.44. The van der Waals surface area contributed by atoms with E-state index in [1.807, 2.05) is 0 Å². The topological polar surface area (TPSA) is 99.3 Å². The summed E-state index contributed by atoms with van der Waals surface area (Å²) >= 11 is 6.41. The highest BCUT2D eigenvalue weighted by atomic mass is 32.2. The first-order valence-corrected chi connectivity index (χ1v) is 12.2. The van der Waals surface area contributed by atoms with Gasteiger partial charge in [-0.1, -0.05) is 24.6 Å². The van der Waals surface area contributed by atoms with E-state index in [1.54, 1.807) is 35.7 Å². The average molecular weight is 451 g/mol. The number of anilines is 1. The van der Waals surface area contributed by atoms with Gasteiger partial charge in [-0.05, 0) is 66.9 Å². The molecule has 0 spiro atoms. The van der Waals surface area contributed by atoms with Crippen molar-refractivity contribution >= 4 is 50.3 Å². The maximum absolute atomic E-state index is 12.6. The second kappa shape index (κ2) is 8.29. The molecule has 0 unspecified atom stereocenters. The molecule has 2 fully saturated rings. The summed E-state index contributed by atoms with van der Waals surface area (Å²) in [5.74, 6) is 0.965. The third-order valence-electron chi connectivity index (χ3n) is 5.52. The maximum atomic E-state index is 12.6. The largest absolute Gasteiger partial charge is 0.358 e. The summed E-state index contributed by atoms with van der Waals surface area (Å²) in [6, 6.07) is 9.96. The van der Waals surface area contributed by atoms with Crippen molar-refractivity contribution in [1.29, 1.82) is 0 Å². The fourth-order valence-corrected chi connectivity index (χ4v) is 6.46. The standard InChI is InChI=1S/C19H22N4O3S3/c24-18(21-22-19(27)20-16-11-12-7-8-13(16)10-12)14-4-1-2-5-15(14)23-29(25,26)17-6-3-9-28-17/h1-6,9,12-13,16,23H,7-8,10-11H2,(H,21,24)(H2,20,22,27)/t12-,13+,16+/m1/s1. The molecule has 0 radical (unpaired) electrons. The molecular formula is C19H22N4O3S3. The van der Waals surface area contributed by atoms with Crippen LogP contribution in [0.1, 0.15) is 36.0 Å². The van der Waals surface area contributed by atoms with Crippen molar-refractivity contribution < 1.29 is 13.2 Å². The van der Waals surface area contributed by atoms with Gasteiger partial charge < -0.3 is 5.32 Å². The molecule has 2 aliphatic rings. The molecule has 2 bridgehead atoms. The Morgan fingerprint density at radius 1 is 1.07 bits per heavy atom. The maximum Gasteiger partial charge on any atom is 0.271 e. The van der Waals surface area contributed by atoms with Gasteiger partial charge in [-0.25, -0.2) is 8.42 Å². The van der Waals surface area contributed by atoms with Crippen LogP contribution in [0, 0.1) is 11.8 Å². The highest BCUT2D eigenvalue weighted by Crippen LogP contribution is 2.44. The zero-order chi connectivity index (χ0) is 20.4. The number of hydrogen-bond acceptors (Lipinski definition) is 5. The molecule has 154 valence electrons. The number of fused-ring (bicyclic) bond motifs is 2. The first-order chi connectivity index (χ1) is 13.9. The smallest absolute Gasteiger partial charge is 0.271 e. The predicted octanol–water partition coefficient (Wildman–Crippen LogP) is 2.85. The number of nitrogens with one attached hydrogen (secondary N) is 4. The molecule has 2 saturated carbocycles. The Hall–Kier alpha value is -2.17. The Kier molecular flexibility index (Phi) is 5.75. The molecule has 10 heteroatoms. The number of benzene rings is 1. The van der Waals surface area contributed by atoms with Gasteiger partial charge in [-0.3, -0.25) is 20.4 Å². The number of thiocarbonyl (C=S) groups is 1. The van der Waals surface area contributed by atoms with Crippen molar-refractivity contribution in [2.24, 2.45) is 11.8 Å². The Labute approximate surface area is 179 Å². The molecule has 1 aromatic carbocycles. The lowest BCUT2D eigenvalue weighted by atomic mass is 9.96. The van der Waals surface area contributed by atoms with Crippen LogP contribution in [0.3, 0.4) is 0 Å². The van der Waals surface area contributed by atoms with Crippen LogP contribution in [0.2, 0.25) is 0 Å². The monoisotopic (exact) mass is 450 g/mol. The number of hydrazine groups is 1. The number of hydrogen-bond donors (Lipinski definition) is 4. The van der Waals surface area contributed by atoms with Crippen LogP contribution >= 0.6 is 23.6 Å². The third-order valence-corrected chi connectivity index (χ3v) is 8.50. The van der Waals surface area contributed by atoms with Crippen LogP contribution < -0.4 is 20.9 Å². The molecule has 7 nitrogen and oxygen atoms in total. The van der Waals surface area contributed by atoms with Gasteiger partial charge in [0.1, 0.15) is 4.21 Å². The minimum atomic E-state index is -3.75. The summed E-state index contributed by atoms with van der Waals surface area (Å²) in [6.07, 6.45) is 4.91. The molecule has 3 atom stereocenters. The summed E-state index contributed by atoms with van der Waals surface area (Å²) in [5, 5.41) is 5.33. The van der Waals surface area contributed by atoms with Crippen LogP contribution in [-0.2, 0) is 10.0 Å². The number of thiophene rings is 1. The summed E-state index contributed by atoms with van der Waals surface area (Å²) in [5.41, 5.74) is 5.68. The van der Waals surface area contributed by atoms with Gasteiger partial charge in [0.15, 0.2) is 5.11 Å². The number of carbonyl (C=O) groups is 1. The summed E-state index contributed by atoms with van der Waals surface area (Å²) in [7, 11) is -3.75. The first kappa shape index (κ1) is 20.1. The van der Waals surface area contributed by atoms with Gasteiger partial charge in [0.05, 0.1) is 11.3 Å². The van der Waals surface area contributed by atoms with Crippen LogP contribution in [0.4, 0.5) is 5.69 Å². The van der Waals surface area contributed by atoms with E-state index < -0.39 is 15.9 Å². The second-order valence-electron chi connectivity index (χ2n) is 7.42. The molecule has 2 aliphatic carbocycles. The normalized spacial score (nSPS) is 22.8. The van der Waals surface area contributed by atoms with Crippen molar-refractivity contribution in [3.05, 3.63) is 47.3 Å². The minimum Gasteiger partial charge on any atom is -0.358 e. The molecule has 0 aliphatic heterocycles. The zero-order valence-corrected chi connectivity index (χ0v) is 18.0. The molecule has 4 rings (SSSR count). The van der Waals surface area contributed by atoms with Gasteiger partial charge in [0.2, 0.25) is 0 Å². The summed E-state index contributed by atoms with van der Waals surface area (Å²) < 4.78 is 27.6. The predicted molar refractivity (Wildman–Crippen MR) is 117 cm³/mol. The third kappa shape index (κ3) is 4.54. The fraction of sp³-hybridized carbons (Fsp3) is 0.368. The lowest BCUT2D eigenvalue weighted by Gasteiger charge is -2.24. The van der Waals surface area contributed by atoms with Crippen molar-refractivity contribution in [3.63, 3.8) is 0 Å². The summed E-state index contributed by atoms with van der Waals surface area (Å²) in [4.78, 5) is 12.6. The Balaban J connectivity index is 1.37. The molecular weight excluding hydrogens is 428 g/mol. The zero-order valence-electron chi connectivity index (χ0n) is 15.6. The highest BCUT2D eigenvalue weighted by Gasteiger charge is 2.39. The Morgan fingerprint density at radius 2 is 1.90 bits per heavy atom. The van der Waals surface area contributed by atoms with Crippen LogP contribution in [0.25, 0.3) is 0 Å². The number of sulfonamides is 1. The van der Waals surface area contributed by atoms with Crippen molar-refractivity contribution in [1.82, 2.24) is 16.2 Å². The first-order valence-electron chi connectivity index (χ1n) is 9.44. The van der Waals surface area contributed by atoms with Crippen molar-refractivity contribution in [3.8, 4) is 0 Å². The van der Waals surface area contributed by atoms with Crippen LogP contribution in [0.5, 0.6) is 0 Å². The van der Waals surface area contributed by atoms with Crippen molar-refractivity contribution in [2.45, 2.75) is 35.9 Å². The van der Waals surface area contributed by atoms with Gasteiger partial charge in [-0.2, -0.15) is 0 Å². The molecule has 29 heavy (non-hydrogen) atoms.